The average Bonchev–Trinajstić information content (AvgIpc) is 3.67. The number of hydrogen-bond acceptors (Lipinski definition) is 7. The van der Waals surface area contributed by atoms with Crippen molar-refractivity contribution in [3.8, 4) is 0 Å². The molecule has 0 N–H and O–H groups in total. The van der Waals surface area contributed by atoms with E-state index in [1.807, 2.05) is 31.7 Å². The van der Waals surface area contributed by atoms with Gasteiger partial charge in [0, 0.05) is 56.2 Å². The summed E-state index contributed by atoms with van der Waals surface area (Å²) in [7, 11) is 0. The molecule has 2 fully saturated rings. The van der Waals surface area contributed by atoms with Crippen LogP contribution in [0.3, 0.4) is 0 Å². The van der Waals surface area contributed by atoms with Gasteiger partial charge in [-0.1, -0.05) is 17.7 Å². The van der Waals surface area contributed by atoms with Gasteiger partial charge in [-0.05, 0) is 72.1 Å². The summed E-state index contributed by atoms with van der Waals surface area (Å²) in [5.74, 6) is -1.14. The third-order valence-corrected chi connectivity index (χ3v) is 10.2. The number of amides is 1. The Balaban J connectivity index is 1.27. The monoisotopic (exact) mass is 627 g/mol. The molecular weight excluding hydrogens is 588 g/mol. The van der Waals surface area contributed by atoms with Crippen LogP contribution in [0.2, 0.25) is 5.02 Å². The van der Waals surface area contributed by atoms with Gasteiger partial charge in [-0.3, -0.25) is 14.7 Å². The second kappa shape index (κ2) is 10.8. The molecule has 6 rings (SSSR count). The first-order valence-electron chi connectivity index (χ1n) is 15.3. The van der Waals surface area contributed by atoms with Crippen LogP contribution in [-0.2, 0) is 20.5 Å². The molecule has 8 nitrogen and oxygen atoms in total. The van der Waals surface area contributed by atoms with Crippen molar-refractivity contribution in [1.29, 1.82) is 0 Å². The topological polar surface area (TPSA) is 84.6 Å². The molecule has 0 saturated carbocycles. The summed E-state index contributed by atoms with van der Waals surface area (Å²) < 4.78 is 41.6. The molecule has 0 bridgehead atoms. The van der Waals surface area contributed by atoms with Crippen LogP contribution < -0.4 is 0 Å². The minimum Gasteiger partial charge on any atom is -0.425 e. The van der Waals surface area contributed by atoms with Crippen molar-refractivity contribution in [1.82, 2.24) is 25.0 Å². The third kappa shape index (κ3) is 5.22. The van der Waals surface area contributed by atoms with Crippen LogP contribution in [-0.4, -0.2) is 62.6 Å². The van der Waals surface area contributed by atoms with Gasteiger partial charge in [0.25, 0.3) is 0 Å². The Hall–Kier alpha value is -2.95. The highest BCUT2D eigenvalue weighted by molar-refractivity contribution is 6.31. The molecule has 3 aromatic rings. The number of carbonyl (C=O) groups is 1. The van der Waals surface area contributed by atoms with E-state index in [-0.39, 0.29) is 17.4 Å². The fraction of sp³-hybridized carbons (Fsp3) is 0.576. The van der Waals surface area contributed by atoms with Crippen LogP contribution in [0.15, 0.2) is 28.7 Å². The molecule has 1 aromatic carbocycles. The molecule has 44 heavy (non-hydrogen) atoms. The van der Waals surface area contributed by atoms with Gasteiger partial charge in [0.15, 0.2) is 0 Å². The molecule has 3 aliphatic rings. The van der Waals surface area contributed by atoms with Crippen molar-refractivity contribution in [3.63, 3.8) is 0 Å². The number of pyridine rings is 1. The number of aryl methyl sites for hydroxylation is 2. The highest BCUT2D eigenvalue weighted by Crippen LogP contribution is 2.55. The number of hydrogen-bond donors (Lipinski definition) is 0. The Kier molecular flexibility index (Phi) is 7.65. The minimum absolute atomic E-state index is 0.0167. The Bertz CT molecular complexity index is 1590. The molecule has 236 valence electrons. The zero-order chi connectivity index (χ0) is 31.8. The first kappa shape index (κ1) is 31.0. The van der Waals surface area contributed by atoms with Gasteiger partial charge in [-0.15, -0.1) is 10.2 Å². The lowest BCUT2D eigenvalue weighted by atomic mass is 9.81. The number of rotatable bonds is 4. The van der Waals surface area contributed by atoms with Crippen molar-refractivity contribution in [2.45, 2.75) is 89.9 Å². The number of halogens is 3. The SMILES string of the molecule is Cc1nnc(C(C)(C)C2OC3(CCN(C(=O)C4CN(C(C)(C)C)C[C@H]4c4ccc(F)cc4F)CC3)c3nc(C)c(Cl)cc32)o1. The maximum atomic E-state index is 15.0. The molecule has 1 amide bonds. The molecule has 0 radical (unpaired) electrons. The number of piperidine rings is 1. The molecular formula is C33H40ClF2N5O3. The maximum Gasteiger partial charge on any atom is 0.227 e. The standard InChI is InChI=1S/C33H40ClF2N5O3/c1-18-25(34)15-22-27(37-18)33(44-28(22)32(6,7)30-39-38-19(2)43-30)10-12-40(13-11-33)29(42)24-17-41(31(3,4)5)16-23(24)21-9-8-20(35)14-26(21)36/h8-9,14-15,23-24,28H,10-13,16-17H2,1-7H3/t23-,24?,28?/m0/s1. The zero-order valence-corrected chi connectivity index (χ0v) is 27.1. The zero-order valence-electron chi connectivity index (χ0n) is 26.4. The summed E-state index contributed by atoms with van der Waals surface area (Å²) >= 11 is 6.58. The molecule has 2 unspecified atom stereocenters. The quantitative estimate of drug-likeness (QED) is 0.331. The Labute approximate surface area is 262 Å². The number of ether oxygens (including phenoxy) is 1. The summed E-state index contributed by atoms with van der Waals surface area (Å²) in [5, 5.41) is 8.90. The normalized spacial score (nSPS) is 23.9. The lowest BCUT2D eigenvalue weighted by Gasteiger charge is -2.41. The summed E-state index contributed by atoms with van der Waals surface area (Å²) in [4.78, 5) is 23.2. The first-order chi connectivity index (χ1) is 20.6. The van der Waals surface area contributed by atoms with E-state index in [2.05, 4.69) is 35.9 Å². The number of benzene rings is 1. The number of nitrogens with zero attached hydrogens (tertiary/aromatic N) is 5. The van der Waals surface area contributed by atoms with Gasteiger partial charge in [-0.25, -0.2) is 8.78 Å². The molecule has 1 spiro atoms. The van der Waals surface area contributed by atoms with Crippen molar-refractivity contribution in [3.05, 3.63) is 75.2 Å². The molecule has 3 aliphatic heterocycles. The summed E-state index contributed by atoms with van der Waals surface area (Å²) in [6.45, 7) is 15.9. The van der Waals surface area contributed by atoms with Crippen LogP contribution in [0.4, 0.5) is 8.78 Å². The van der Waals surface area contributed by atoms with E-state index < -0.39 is 34.7 Å². The number of aromatic nitrogens is 3. The molecule has 5 heterocycles. The fourth-order valence-electron chi connectivity index (χ4n) is 7.11. The van der Waals surface area contributed by atoms with E-state index in [0.717, 1.165) is 23.0 Å². The number of likely N-dealkylation sites (tertiary alicyclic amines) is 2. The minimum atomic E-state index is -0.714. The van der Waals surface area contributed by atoms with Crippen LogP contribution in [0.1, 0.15) is 93.8 Å². The summed E-state index contributed by atoms with van der Waals surface area (Å²) in [6.07, 6.45) is 0.646. The first-order valence-corrected chi connectivity index (χ1v) is 15.6. The molecule has 3 atom stereocenters. The smallest absolute Gasteiger partial charge is 0.227 e. The molecule has 0 aliphatic carbocycles. The van der Waals surface area contributed by atoms with Gasteiger partial charge in [0.2, 0.25) is 17.7 Å². The van der Waals surface area contributed by atoms with Crippen molar-refractivity contribution >= 4 is 17.5 Å². The van der Waals surface area contributed by atoms with Crippen molar-refractivity contribution in [2.24, 2.45) is 5.92 Å². The van der Waals surface area contributed by atoms with Crippen LogP contribution in [0.5, 0.6) is 0 Å². The van der Waals surface area contributed by atoms with Crippen LogP contribution >= 0.6 is 11.6 Å². The second-order valence-electron chi connectivity index (χ2n) is 14.1. The Morgan fingerprint density at radius 3 is 2.34 bits per heavy atom. The highest BCUT2D eigenvalue weighted by Gasteiger charge is 2.55. The molecule has 2 saturated heterocycles. The van der Waals surface area contributed by atoms with Crippen molar-refractivity contribution in [2.75, 3.05) is 26.2 Å². The van der Waals surface area contributed by atoms with E-state index in [0.29, 0.717) is 61.4 Å². The molecule has 11 heteroatoms. The highest BCUT2D eigenvalue weighted by atomic mass is 35.5. The summed E-state index contributed by atoms with van der Waals surface area (Å²) in [5.41, 5.74) is 1.25. The van der Waals surface area contributed by atoms with Crippen LogP contribution in [0, 0.1) is 31.4 Å². The average molecular weight is 628 g/mol. The fourth-order valence-corrected chi connectivity index (χ4v) is 7.27. The van der Waals surface area contributed by atoms with Crippen LogP contribution in [0.25, 0.3) is 0 Å². The van der Waals surface area contributed by atoms with Crippen molar-refractivity contribution < 1.29 is 22.7 Å². The van der Waals surface area contributed by atoms with Gasteiger partial charge in [0.1, 0.15) is 17.2 Å². The lowest BCUT2D eigenvalue weighted by Crippen LogP contribution is -2.49. The van der Waals surface area contributed by atoms with E-state index in [1.165, 1.54) is 12.1 Å². The van der Waals surface area contributed by atoms with E-state index in [9.17, 15) is 9.18 Å². The largest absolute Gasteiger partial charge is 0.425 e. The third-order valence-electron chi connectivity index (χ3n) is 9.80. The molecule has 2 aromatic heterocycles. The van der Waals surface area contributed by atoms with Gasteiger partial charge >= 0.3 is 0 Å². The summed E-state index contributed by atoms with van der Waals surface area (Å²) in [6, 6.07) is 5.60. The predicted octanol–water partition coefficient (Wildman–Crippen LogP) is 6.39. The van der Waals surface area contributed by atoms with Gasteiger partial charge in [0.05, 0.1) is 33.8 Å². The Morgan fingerprint density at radius 1 is 1.02 bits per heavy atom. The predicted molar refractivity (Wildman–Crippen MR) is 161 cm³/mol. The Morgan fingerprint density at radius 2 is 1.73 bits per heavy atom. The second-order valence-corrected chi connectivity index (χ2v) is 14.5. The van der Waals surface area contributed by atoms with Gasteiger partial charge in [-0.2, -0.15) is 0 Å². The van der Waals surface area contributed by atoms with E-state index >= 15 is 4.39 Å². The van der Waals surface area contributed by atoms with Gasteiger partial charge < -0.3 is 14.1 Å². The van der Waals surface area contributed by atoms with E-state index in [4.69, 9.17) is 25.7 Å². The lowest BCUT2D eigenvalue weighted by molar-refractivity contribution is -0.152. The van der Waals surface area contributed by atoms with E-state index in [1.54, 1.807) is 6.92 Å². The maximum absolute atomic E-state index is 15.0. The number of fused-ring (bicyclic) bond motifs is 2. The number of carbonyl (C=O) groups excluding carboxylic acids is 1.